The molecule has 2 heterocycles. The van der Waals surface area contributed by atoms with E-state index in [9.17, 15) is 4.79 Å². The minimum absolute atomic E-state index is 0.0619. The molecule has 2 rings (SSSR count). The Labute approximate surface area is 128 Å². The van der Waals surface area contributed by atoms with E-state index in [1.807, 2.05) is 6.92 Å². The number of thiophene rings is 1. The Bertz CT molecular complexity index is 644. The lowest BCUT2D eigenvalue weighted by Gasteiger charge is -2.13. The number of H-pyrrole nitrogens is 1. The second-order valence-electron chi connectivity index (χ2n) is 5.28. The predicted molar refractivity (Wildman–Crippen MR) is 86.7 cm³/mol. The van der Waals surface area contributed by atoms with Gasteiger partial charge in [0, 0.05) is 9.75 Å². The van der Waals surface area contributed by atoms with Gasteiger partial charge in [0.25, 0.3) is 5.91 Å². The molecule has 0 bridgehead atoms. The molecule has 5 nitrogen and oxygen atoms in total. The van der Waals surface area contributed by atoms with E-state index in [1.165, 1.54) is 9.75 Å². The normalized spacial score (nSPS) is 12.4. The molecule has 4 N–H and O–H groups in total. The van der Waals surface area contributed by atoms with E-state index < -0.39 is 0 Å². The van der Waals surface area contributed by atoms with E-state index in [-0.39, 0.29) is 17.6 Å². The van der Waals surface area contributed by atoms with Crippen molar-refractivity contribution in [3.8, 4) is 0 Å². The number of nitrogen functional groups attached to an aromatic ring is 1. The van der Waals surface area contributed by atoms with Gasteiger partial charge in [-0.3, -0.25) is 9.89 Å². The highest BCUT2D eigenvalue weighted by atomic mass is 32.1. The highest BCUT2D eigenvalue weighted by molar-refractivity contribution is 7.12. The summed E-state index contributed by atoms with van der Waals surface area (Å²) >= 11 is 1.74. The Hall–Kier alpha value is -1.82. The lowest BCUT2D eigenvalue weighted by molar-refractivity contribution is 0.0935. The molecule has 0 saturated heterocycles. The molecule has 0 aliphatic heterocycles. The van der Waals surface area contributed by atoms with Crippen LogP contribution in [0.5, 0.6) is 0 Å². The first kappa shape index (κ1) is 15.6. The largest absolute Gasteiger partial charge is 0.395 e. The standard InChI is InChI=1S/C15H22N4OS/c1-5-6-12-13(16)14(19-18-12)15(20)17-9(3)11-7-8(2)21-10(11)4/h7,9H,5-6,16H2,1-4H3,(H,17,20)(H,18,19). The van der Waals surface area contributed by atoms with Gasteiger partial charge >= 0.3 is 0 Å². The summed E-state index contributed by atoms with van der Waals surface area (Å²) in [6.07, 6.45) is 1.75. The zero-order valence-corrected chi connectivity index (χ0v) is 13.7. The second kappa shape index (κ2) is 6.30. The molecule has 0 saturated carbocycles. The molecule has 6 heteroatoms. The van der Waals surface area contributed by atoms with Crippen molar-refractivity contribution in [2.24, 2.45) is 0 Å². The smallest absolute Gasteiger partial charge is 0.274 e. The SMILES string of the molecule is CCCc1[nH]nc(C(=O)NC(C)c2cc(C)sc2C)c1N. The molecular weight excluding hydrogens is 284 g/mol. The number of nitrogens with two attached hydrogens (primary N) is 1. The minimum Gasteiger partial charge on any atom is -0.395 e. The van der Waals surface area contributed by atoms with Crippen LogP contribution in [0.2, 0.25) is 0 Å². The Morgan fingerprint density at radius 2 is 2.24 bits per heavy atom. The Morgan fingerprint density at radius 1 is 1.52 bits per heavy atom. The van der Waals surface area contributed by atoms with Crippen molar-refractivity contribution in [3.05, 3.63) is 32.8 Å². The summed E-state index contributed by atoms with van der Waals surface area (Å²) in [5.74, 6) is -0.234. The van der Waals surface area contributed by atoms with E-state index in [0.717, 1.165) is 24.1 Å². The lowest BCUT2D eigenvalue weighted by atomic mass is 10.1. The fourth-order valence-electron chi connectivity index (χ4n) is 2.42. The first-order valence-electron chi connectivity index (χ1n) is 7.14. The van der Waals surface area contributed by atoms with Crippen molar-refractivity contribution in [2.75, 3.05) is 5.73 Å². The van der Waals surface area contributed by atoms with E-state index in [1.54, 1.807) is 11.3 Å². The number of aromatic amines is 1. The number of anilines is 1. The Morgan fingerprint density at radius 3 is 2.81 bits per heavy atom. The van der Waals surface area contributed by atoms with Crippen molar-refractivity contribution in [1.82, 2.24) is 15.5 Å². The molecule has 114 valence electrons. The number of nitrogens with one attached hydrogen (secondary N) is 2. The number of carbonyl (C=O) groups is 1. The molecule has 2 aromatic heterocycles. The molecule has 0 radical (unpaired) electrons. The molecule has 1 amide bonds. The molecule has 2 aromatic rings. The van der Waals surface area contributed by atoms with Gasteiger partial charge in [-0.15, -0.1) is 11.3 Å². The van der Waals surface area contributed by atoms with E-state index in [0.29, 0.717) is 5.69 Å². The molecule has 0 aliphatic rings. The zero-order valence-electron chi connectivity index (χ0n) is 12.9. The van der Waals surface area contributed by atoms with Gasteiger partial charge in [0.2, 0.25) is 0 Å². The van der Waals surface area contributed by atoms with Crippen LogP contribution < -0.4 is 11.1 Å². The zero-order chi connectivity index (χ0) is 15.6. The molecule has 0 aliphatic carbocycles. The fraction of sp³-hybridized carbons (Fsp3) is 0.467. The van der Waals surface area contributed by atoms with Gasteiger partial charge in [0.15, 0.2) is 5.69 Å². The fourth-order valence-corrected chi connectivity index (χ4v) is 3.45. The highest BCUT2D eigenvalue weighted by Crippen LogP contribution is 2.26. The van der Waals surface area contributed by atoms with Gasteiger partial charge in [0.05, 0.1) is 17.4 Å². The average molecular weight is 306 g/mol. The molecule has 1 atom stereocenters. The summed E-state index contributed by atoms with van der Waals surface area (Å²) in [6.45, 7) is 8.17. The van der Waals surface area contributed by atoms with Crippen molar-refractivity contribution in [2.45, 2.75) is 46.6 Å². The van der Waals surface area contributed by atoms with Gasteiger partial charge < -0.3 is 11.1 Å². The van der Waals surface area contributed by atoms with Crippen molar-refractivity contribution >= 4 is 22.9 Å². The number of rotatable bonds is 5. The van der Waals surface area contributed by atoms with Gasteiger partial charge in [-0.1, -0.05) is 13.3 Å². The third-order valence-corrected chi connectivity index (χ3v) is 4.47. The molecule has 0 spiro atoms. The number of hydrogen-bond acceptors (Lipinski definition) is 4. The van der Waals surface area contributed by atoms with Crippen LogP contribution in [-0.2, 0) is 6.42 Å². The van der Waals surface area contributed by atoms with Crippen LogP contribution in [0.25, 0.3) is 0 Å². The molecule has 1 unspecified atom stereocenters. The molecular formula is C15H22N4OS. The minimum atomic E-state index is -0.234. The Balaban J connectivity index is 2.12. The van der Waals surface area contributed by atoms with E-state index >= 15 is 0 Å². The van der Waals surface area contributed by atoms with Crippen LogP contribution in [-0.4, -0.2) is 16.1 Å². The first-order valence-corrected chi connectivity index (χ1v) is 7.96. The highest BCUT2D eigenvalue weighted by Gasteiger charge is 2.20. The van der Waals surface area contributed by atoms with Crippen LogP contribution in [0.3, 0.4) is 0 Å². The quantitative estimate of drug-likeness (QED) is 0.793. The summed E-state index contributed by atoms with van der Waals surface area (Å²) in [5.41, 5.74) is 8.71. The Kier molecular flexibility index (Phi) is 4.67. The second-order valence-corrected chi connectivity index (χ2v) is 6.74. The van der Waals surface area contributed by atoms with E-state index in [2.05, 4.69) is 42.4 Å². The summed E-state index contributed by atoms with van der Waals surface area (Å²) in [7, 11) is 0. The van der Waals surface area contributed by atoms with Crippen LogP contribution in [0.4, 0.5) is 5.69 Å². The maximum Gasteiger partial charge on any atom is 0.274 e. The van der Waals surface area contributed by atoms with Gasteiger partial charge in [-0.2, -0.15) is 5.10 Å². The topological polar surface area (TPSA) is 83.8 Å². The summed E-state index contributed by atoms with van der Waals surface area (Å²) in [5, 5.41) is 9.87. The monoisotopic (exact) mass is 306 g/mol. The summed E-state index contributed by atoms with van der Waals surface area (Å²) in [6, 6.07) is 2.05. The van der Waals surface area contributed by atoms with Crippen LogP contribution >= 0.6 is 11.3 Å². The van der Waals surface area contributed by atoms with Crippen LogP contribution in [0.15, 0.2) is 6.07 Å². The summed E-state index contributed by atoms with van der Waals surface area (Å²) < 4.78 is 0. The molecule has 0 fully saturated rings. The number of amides is 1. The third kappa shape index (κ3) is 3.26. The molecule has 21 heavy (non-hydrogen) atoms. The molecule has 0 aromatic carbocycles. The third-order valence-electron chi connectivity index (χ3n) is 3.49. The number of carbonyl (C=O) groups excluding carboxylic acids is 1. The predicted octanol–water partition coefficient (Wildman–Crippen LogP) is 3.11. The number of aryl methyl sites for hydroxylation is 3. The maximum atomic E-state index is 12.3. The lowest BCUT2D eigenvalue weighted by Crippen LogP contribution is -2.27. The number of nitrogens with zero attached hydrogens (tertiary/aromatic N) is 1. The van der Waals surface area contributed by atoms with E-state index in [4.69, 9.17) is 5.73 Å². The van der Waals surface area contributed by atoms with Crippen LogP contribution in [0.1, 0.15) is 57.8 Å². The average Bonchev–Trinajstić information content (AvgIpc) is 2.94. The van der Waals surface area contributed by atoms with Crippen molar-refractivity contribution in [3.63, 3.8) is 0 Å². The van der Waals surface area contributed by atoms with Crippen molar-refractivity contribution in [1.29, 1.82) is 0 Å². The maximum absolute atomic E-state index is 12.3. The summed E-state index contributed by atoms with van der Waals surface area (Å²) in [4.78, 5) is 14.8. The van der Waals surface area contributed by atoms with Crippen LogP contribution in [0, 0.1) is 13.8 Å². The van der Waals surface area contributed by atoms with Gasteiger partial charge in [-0.25, -0.2) is 0 Å². The number of aromatic nitrogens is 2. The van der Waals surface area contributed by atoms with Crippen molar-refractivity contribution < 1.29 is 4.79 Å². The first-order chi connectivity index (χ1) is 9.93. The number of hydrogen-bond donors (Lipinski definition) is 3. The van der Waals surface area contributed by atoms with Gasteiger partial charge in [0.1, 0.15) is 0 Å². The van der Waals surface area contributed by atoms with Gasteiger partial charge in [-0.05, 0) is 38.8 Å².